The fraction of sp³-hybridized carbons (Fsp3) is 0.143. The fourth-order valence-electron chi connectivity index (χ4n) is 2.90. The molecular weight excluding hydrogens is 361 g/mol. The monoisotopic (exact) mass is 379 g/mol. The van der Waals surface area contributed by atoms with Gasteiger partial charge in [0.15, 0.2) is 5.76 Å². The van der Waals surface area contributed by atoms with E-state index < -0.39 is 0 Å². The van der Waals surface area contributed by atoms with Crippen LogP contribution in [0.15, 0.2) is 75.9 Å². The minimum Gasteiger partial charge on any atom is -0.497 e. The lowest BCUT2D eigenvalue weighted by Gasteiger charge is -2.19. The molecule has 0 saturated heterocycles. The molecule has 7 heteroatoms. The Kier molecular flexibility index (Phi) is 5.16. The molecule has 2 aromatic heterocycles. The maximum absolute atomic E-state index is 13.4. The lowest BCUT2D eigenvalue weighted by molar-refractivity contribution is 0.362. The molecule has 0 unspecified atom stereocenters. The van der Waals surface area contributed by atoms with E-state index in [2.05, 4.69) is 15.5 Å². The number of rotatable bonds is 7. The van der Waals surface area contributed by atoms with E-state index in [9.17, 15) is 4.39 Å². The molecular formula is C21H18FN3O3. The topological polar surface area (TPSA) is 73.3 Å². The van der Waals surface area contributed by atoms with E-state index >= 15 is 0 Å². The molecule has 0 fully saturated rings. The van der Waals surface area contributed by atoms with E-state index in [0.717, 1.165) is 16.9 Å². The molecule has 0 bridgehead atoms. The van der Waals surface area contributed by atoms with Gasteiger partial charge in [0.1, 0.15) is 11.6 Å². The van der Waals surface area contributed by atoms with Crippen LogP contribution in [0.5, 0.6) is 5.75 Å². The third-order valence-electron chi connectivity index (χ3n) is 4.32. The maximum Gasteiger partial charge on any atom is 0.241 e. The van der Waals surface area contributed by atoms with Crippen molar-refractivity contribution in [3.63, 3.8) is 0 Å². The SMILES string of the molecule is COc1ccc([C@H](NCc2nc(-c3ccco3)no2)c2ccc(F)cc2)cc1. The van der Waals surface area contributed by atoms with Gasteiger partial charge in [-0.25, -0.2) is 4.39 Å². The van der Waals surface area contributed by atoms with Gasteiger partial charge in [0.2, 0.25) is 11.7 Å². The minimum absolute atomic E-state index is 0.189. The van der Waals surface area contributed by atoms with Crippen molar-refractivity contribution in [2.45, 2.75) is 12.6 Å². The quantitative estimate of drug-likeness (QED) is 0.514. The van der Waals surface area contributed by atoms with Crippen LogP contribution in [0.3, 0.4) is 0 Å². The van der Waals surface area contributed by atoms with Crippen LogP contribution in [0, 0.1) is 5.82 Å². The van der Waals surface area contributed by atoms with Crippen LogP contribution in [0.4, 0.5) is 4.39 Å². The highest BCUT2D eigenvalue weighted by Crippen LogP contribution is 2.25. The Hall–Kier alpha value is -3.45. The van der Waals surface area contributed by atoms with Crippen LogP contribution < -0.4 is 10.1 Å². The second kappa shape index (κ2) is 8.06. The largest absolute Gasteiger partial charge is 0.497 e. The van der Waals surface area contributed by atoms with Gasteiger partial charge < -0.3 is 13.7 Å². The van der Waals surface area contributed by atoms with E-state index in [1.807, 2.05) is 24.3 Å². The highest BCUT2D eigenvalue weighted by Gasteiger charge is 2.17. The Morgan fingerprint density at radius 3 is 2.39 bits per heavy atom. The molecule has 2 aromatic carbocycles. The Bertz CT molecular complexity index is 1010. The second-order valence-corrected chi connectivity index (χ2v) is 6.13. The molecule has 0 spiro atoms. The summed E-state index contributed by atoms with van der Waals surface area (Å²) in [7, 11) is 1.62. The van der Waals surface area contributed by atoms with Crippen molar-refractivity contribution >= 4 is 0 Å². The highest BCUT2D eigenvalue weighted by atomic mass is 19.1. The van der Waals surface area contributed by atoms with Gasteiger partial charge in [0.25, 0.3) is 0 Å². The summed E-state index contributed by atoms with van der Waals surface area (Å²) in [5.41, 5.74) is 1.91. The first kappa shape index (κ1) is 17.9. The van der Waals surface area contributed by atoms with E-state index in [0.29, 0.717) is 24.0 Å². The average Bonchev–Trinajstić information content (AvgIpc) is 3.42. The number of benzene rings is 2. The summed E-state index contributed by atoms with van der Waals surface area (Å²) in [5.74, 6) is 1.84. The molecule has 28 heavy (non-hydrogen) atoms. The summed E-state index contributed by atoms with van der Waals surface area (Å²) in [6.45, 7) is 0.335. The van der Waals surface area contributed by atoms with Crippen molar-refractivity contribution in [1.29, 1.82) is 0 Å². The van der Waals surface area contributed by atoms with E-state index in [4.69, 9.17) is 13.7 Å². The molecule has 2 heterocycles. The molecule has 142 valence electrons. The standard InChI is InChI=1S/C21H18FN3O3/c1-26-17-10-6-15(7-11-17)20(14-4-8-16(22)9-5-14)23-13-19-24-21(25-28-19)18-3-2-12-27-18/h2-12,20,23H,13H2,1H3/t20-/m1/s1. The van der Waals surface area contributed by atoms with Crippen molar-refractivity contribution in [2.24, 2.45) is 0 Å². The van der Waals surface area contributed by atoms with E-state index in [-0.39, 0.29) is 11.9 Å². The predicted octanol–water partition coefficient (Wildman–Crippen LogP) is 4.36. The van der Waals surface area contributed by atoms with Gasteiger partial charge in [0, 0.05) is 0 Å². The molecule has 1 N–H and O–H groups in total. The summed E-state index contributed by atoms with van der Waals surface area (Å²) < 4.78 is 29.2. The number of hydrogen-bond acceptors (Lipinski definition) is 6. The highest BCUT2D eigenvalue weighted by molar-refractivity contribution is 5.44. The molecule has 4 aromatic rings. The number of nitrogens with zero attached hydrogens (tertiary/aromatic N) is 2. The Morgan fingerprint density at radius 2 is 1.75 bits per heavy atom. The van der Waals surface area contributed by atoms with Crippen molar-refractivity contribution < 1.29 is 18.1 Å². The normalized spacial score (nSPS) is 12.1. The first-order valence-electron chi connectivity index (χ1n) is 8.72. The van der Waals surface area contributed by atoms with Gasteiger partial charge in [0.05, 0.1) is 26.0 Å². The predicted molar refractivity (Wildman–Crippen MR) is 100 cm³/mol. The molecule has 0 amide bonds. The molecule has 0 saturated carbocycles. The van der Waals surface area contributed by atoms with E-state index in [1.165, 1.54) is 12.1 Å². The molecule has 1 atom stereocenters. The molecule has 4 rings (SSSR count). The summed E-state index contributed by atoms with van der Waals surface area (Å²) >= 11 is 0. The van der Waals surface area contributed by atoms with Gasteiger partial charge in [-0.2, -0.15) is 4.98 Å². The van der Waals surface area contributed by atoms with Crippen LogP contribution >= 0.6 is 0 Å². The smallest absolute Gasteiger partial charge is 0.241 e. The molecule has 0 aliphatic carbocycles. The first-order valence-corrected chi connectivity index (χ1v) is 8.72. The number of hydrogen-bond donors (Lipinski definition) is 1. The van der Waals surface area contributed by atoms with Crippen LogP contribution in [-0.4, -0.2) is 17.3 Å². The van der Waals surface area contributed by atoms with Crippen molar-refractivity contribution in [1.82, 2.24) is 15.5 Å². The zero-order valence-electron chi connectivity index (χ0n) is 15.1. The minimum atomic E-state index is -0.280. The number of nitrogens with one attached hydrogen (secondary N) is 1. The van der Waals surface area contributed by atoms with Gasteiger partial charge in [-0.05, 0) is 47.5 Å². The van der Waals surface area contributed by atoms with Crippen LogP contribution in [-0.2, 0) is 6.54 Å². The molecule has 0 aliphatic heterocycles. The molecule has 0 aliphatic rings. The van der Waals surface area contributed by atoms with Crippen molar-refractivity contribution in [3.8, 4) is 17.3 Å². The number of methoxy groups -OCH3 is 1. The molecule has 0 radical (unpaired) electrons. The van der Waals surface area contributed by atoms with Crippen LogP contribution in [0.2, 0.25) is 0 Å². The average molecular weight is 379 g/mol. The Morgan fingerprint density at radius 1 is 1.04 bits per heavy atom. The third kappa shape index (κ3) is 3.94. The molecule has 6 nitrogen and oxygen atoms in total. The summed E-state index contributed by atoms with van der Waals surface area (Å²) in [4.78, 5) is 4.34. The van der Waals surface area contributed by atoms with E-state index in [1.54, 1.807) is 37.6 Å². The fourth-order valence-corrected chi connectivity index (χ4v) is 2.90. The van der Waals surface area contributed by atoms with Crippen molar-refractivity contribution in [3.05, 3.63) is 89.8 Å². The number of ether oxygens (including phenoxy) is 1. The van der Waals surface area contributed by atoms with Crippen molar-refractivity contribution in [2.75, 3.05) is 7.11 Å². The lowest BCUT2D eigenvalue weighted by Crippen LogP contribution is -2.22. The number of halogens is 1. The van der Waals surface area contributed by atoms with Crippen LogP contribution in [0.25, 0.3) is 11.6 Å². The van der Waals surface area contributed by atoms with Gasteiger partial charge in [-0.3, -0.25) is 5.32 Å². The first-order chi connectivity index (χ1) is 13.7. The van der Waals surface area contributed by atoms with Crippen LogP contribution in [0.1, 0.15) is 23.1 Å². The number of furan rings is 1. The van der Waals surface area contributed by atoms with Gasteiger partial charge in [-0.1, -0.05) is 29.4 Å². The summed E-state index contributed by atoms with van der Waals surface area (Å²) in [5, 5.41) is 7.32. The second-order valence-electron chi connectivity index (χ2n) is 6.13. The Balaban J connectivity index is 1.55. The summed E-state index contributed by atoms with van der Waals surface area (Å²) in [6, 6.07) is 17.4. The number of aromatic nitrogens is 2. The maximum atomic E-state index is 13.4. The lowest BCUT2D eigenvalue weighted by atomic mass is 9.98. The Labute approximate surface area is 161 Å². The van der Waals surface area contributed by atoms with Gasteiger partial charge >= 0.3 is 0 Å². The van der Waals surface area contributed by atoms with Gasteiger partial charge in [-0.15, -0.1) is 0 Å². The third-order valence-corrected chi connectivity index (χ3v) is 4.32. The zero-order chi connectivity index (χ0) is 19.3. The zero-order valence-corrected chi connectivity index (χ0v) is 15.1. The summed E-state index contributed by atoms with van der Waals surface area (Å²) in [6.07, 6.45) is 1.55.